The second-order valence-electron chi connectivity index (χ2n) is 4.65. The number of rotatable bonds is 3. The fourth-order valence-corrected chi connectivity index (χ4v) is 3.64. The van der Waals surface area contributed by atoms with Crippen molar-refractivity contribution in [1.82, 2.24) is 0 Å². The second kappa shape index (κ2) is 5.87. The molecule has 4 nitrogen and oxygen atoms in total. The molecule has 0 spiro atoms. The van der Waals surface area contributed by atoms with Gasteiger partial charge in [0.2, 0.25) is 0 Å². The van der Waals surface area contributed by atoms with E-state index in [-0.39, 0.29) is 4.90 Å². The van der Waals surface area contributed by atoms with Gasteiger partial charge in [-0.15, -0.1) is 0 Å². The molecule has 21 heavy (non-hydrogen) atoms. The third-order valence-corrected chi connectivity index (χ3v) is 5.77. The van der Waals surface area contributed by atoms with E-state index in [4.69, 9.17) is 17.3 Å². The average molecular weight is 390 g/mol. The number of hydrogen-bond acceptors (Lipinski definition) is 3. The van der Waals surface area contributed by atoms with Gasteiger partial charge in [-0.1, -0.05) is 17.7 Å². The van der Waals surface area contributed by atoms with Crippen LogP contribution in [0, 0.1) is 13.8 Å². The van der Waals surface area contributed by atoms with Crippen molar-refractivity contribution in [2.75, 3.05) is 10.5 Å². The highest BCUT2D eigenvalue weighted by atomic mass is 79.9. The minimum atomic E-state index is -3.73. The zero-order valence-corrected chi connectivity index (χ0v) is 14.6. The van der Waals surface area contributed by atoms with Crippen LogP contribution in [0.4, 0.5) is 11.4 Å². The van der Waals surface area contributed by atoms with Gasteiger partial charge in [-0.3, -0.25) is 4.72 Å². The van der Waals surface area contributed by atoms with Crippen molar-refractivity contribution in [3.05, 3.63) is 51.0 Å². The van der Waals surface area contributed by atoms with Gasteiger partial charge in [-0.25, -0.2) is 8.42 Å². The maximum absolute atomic E-state index is 12.5. The molecule has 0 aliphatic heterocycles. The zero-order chi connectivity index (χ0) is 15.8. The van der Waals surface area contributed by atoms with Gasteiger partial charge >= 0.3 is 0 Å². The van der Waals surface area contributed by atoms with Crippen LogP contribution in [0.1, 0.15) is 11.1 Å². The summed E-state index contributed by atoms with van der Waals surface area (Å²) >= 11 is 9.10. The van der Waals surface area contributed by atoms with Crippen molar-refractivity contribution in [3.8, 4) is 0 Å². The summed E-state index contributed by atoms with van der Waals surface area (Å²) in [6.07, 6.45) is 0. The summed E-state index contributed by atoms with van der Waals surface area (Å²) in [5.41, 5.74) is 8.42. The maximum Gasteiger partial charge on any atom is 0.262 e. The highest BCUT2D eigenvalue weighted by Gasteiger charge is 2.18. The van der Waals surface area contributed by atoms with Gasteiger partial charge in [0.05, 0.1) is 21.3 Å². The fraction of sp³-hybridized carbons (Fsp3) is 0.143. The Bertz CT molecular complexity index is 807. The van der Waals surface area contributed by atoms with E-state index < -0.39 is 10.0 Å². The predicted molar refractivity (Wildman–Crippen MR) is 90.3 cm³/mol. The summed E-state index contributed by atoms with van der Waals surface area (Å²) in [6.45, 7) is 3.72. The molecule has 3 N–H and O–H groups in total. The van der Waals surface area contributed by atoms with Crippen molar-refractivity contribution >= 4 is 48.9 Å². The quantitative estimate of drug-likeness (QED) is 0.776. The highest BCUT2D eigenvalue weighted by molar-refractivity contribution is 9.10. The van der Waals surface area contributed by atoms with E-state index in [9.17, 15) is 8.42 Å². The number of hydrogen-bond donors (Lipinski definition) is 2. The first-order valence-corrected chi connectivity index (χ1v) is 8.71. The van der Waals surface area contributed by atoms with Gasteiger partial charge in [0.1, 0.15) is 0 Å². The summed E-state index contributed by atoms with van der Waals surface area (Å²) in [4.78, 5) is 0.110. The molecule has 0 amide bonds. The molecule has 2 aromatic rings. The van der Waals surface area contributed by atoms with Crippen molar-refractivity contribution in [1.29, 1.82) is 0 Å². The normalized spacial score (nSPS) is 11.4. The Hall–Kier alpha value is -1.24. The molecule has 0 unspecified atom stereocenters. The van der Waals surface area contributed by atoms with Crippen LogP contribution in [0.15, 0.2) is 39.7 Å². The van der Waals surface area contributed by atoms with Gasteiger partial charge in [-0.05, 0) is 65.2 Å². The topological polar surface area (TPSA) is 72.2 Å². The van der Waals surface area contributed by atoms with Crippen LogP contribution in [0.5, 0.6) is 0 Å². The maximum atomic E-state index is 12.5. The van der Waals surface area contributed by atoms with Crippen LogP contribution in [-0.4, -0.2) is 8.42 Å². The summed E-state index contributed by atoms with van der Waals surface area (Å²) in [5.74, 6) is 0. The lowest BCUT2D eigenvalue weighted by Crippen LogP contribution is -2.15. The minimum absolute atomic E-state index is 0.110. The van der Waals surface area contributed by atoms with E-state index in [1.807, 2.05) is 19.9 Å². The first kappa shape index (κ1) is 16.1. The smallest absolute Gasteiger partial charge is 0.262 e. The molecule has 7 heteroatoms. The van der Waals surface area contributed by atoms with Crippen molar-refractivity contribution in [2.45, 2.75) is 18.7 Å². The molecule has 0 aliphatic rings. The van der Waals surface area contributed by atoms with Crippen molar-refractivity contribution in [3.63, 3.8) is 0 Å². The van der Waals surface area contributed by atoms with Crippen LogP contribution in [0.2, 0.25) is 5.02 Å². The Morgan fingerprint density at radius 2 is 1.86 bits per heavy atom. The Kier molecular flexibility index (Phi) is 4.51. The zero-order valence-electron chi connectivity index (χ0n) is 11.4. The molecule has 0 heterocycles. The van der Waals surface area contributed by atoms with Gasteiger partial charge in [-0.2, -0.15) is 0 Å². The Balaban J connectivity index is 2.47. The number of nitrogens with one attached hydrogen (secondary N) is 1. The lowest BCUT2D eigenvalue weighted by molar-refractivity contribution is 0.601. The molecule has 0 saturated carbocycles. The number of sulfonamides is 1. The van der Waals surface area contributed by atoms with Gasteiger partial charge in [0, 0.05) is 4.47 Å². The fourth-order valence-electron chi connectivity index (χ4n) is 1.81. The minimum Gasteiger partial charge on any atom is -0.397 e. The van der Waals surface area contributed by atoms with E-state index in [1.165, 1.54) is 18.2 Å². The monoisotopic (exact) mass is 388 g/mol. The molecule has 112 valence electrons. The van der Waals surface area contributed by atoms with Crippen LogP contribution in [0.3, 0.4) is 0 Å². The molecular weight excluding hydrogens is 376 g/mol. The lowest BCUT2D eigenvalue weighted by Gasteiger charge is -2.15. The molecule has 2 rings (SSSR count). The van der Waals surface area contributed by atoms with Crippen LogP contribution in [-0.2, 0) is 10.0 Å². The third-order valence-electron chi connectivity index (χ3n) is 3.21. The number of nitrogens with two attached hydrogens (primary N) is 1. The second-order valence-corrected chi connectivity index (χ2v) is 7.60. The Labute approximate surface area is 137 Å². The molecular formula is C14H14BrClN2O2S. The molecule has 0 atom stereocenters. The Morgan fingerprint density at radius 3 is 2.48 bits per heavy atom. The molecule has 2 aromatic carbocycles. The number of anilines is 2. The largest absolute Gasteiger partial charge is 0.397 e. The van der Waals surface area contributed by atoms with Crippen molar-refractivity contribution < 1.29 is 8.42 Å². The van der Waals surface area contributed by atoms with Gasteiger partial charge < -0.3 is 5.73 Å². The molecule has 0 aliphatic carbocycles. The molecule has 0 fully saturated rings. The number of benzene rings is 2. The summed E-state index contributed by atoms with van der Waals surface area (Å²) in [6, 6.07) is 7.94. The first-order chi connectivity index (χ1) is 9.72. The van der Waals surface area contributed by atoms with Gasteiger partial charge in [0.25, 0.3) is 10.0 Å². The van der Waals surface area contributed by atoms with Crippen LogP contribution in [0.25, 0.3) is 0 Å². The average Bonchev–Trinajstić information content (AvgIpc) is 2.42. The number of halogens is 2. The lowest BCUT2D eigenvalue weighted by atomic mass is 10.1. The highest BCUT2D eigenvalue weighted by Crippen LogP contribution is 2.30. The summed E-state index contributed by atoms with van der Waals surface area (Å²) in [7, 11) is -3.73. The standard InChI is InChI=1S/C14H14BrClN2O2S/c1-8-3-6-13(17)14(9(8)2)18-21(19,20)10-4-5-12(16)11(15)7-10/h3-7,18H,17H2,1-2H3. The molecule has 0 bridgehead atoms. The number of nitrogen functional groups attached to an aromatic ring is 1. The Morgan fingerprint density at radius 1 is 1.19 bits per heavy atom. The SMILES string of the molecule is Cc1ccc(N)c(NS(=O)(=O)c2ccc(Cl)c(Br)c2)c1C. The van der Waals surface area contributed by atoms with E-state index in [2.05, 4.69) is 20.7 Å². The van der Waals surface area contributed by atoms with Crippen LogP contribution >= 0.6 is 27.5 Å². The van der Waals surface area contributed by atoms with E-state index in [0.717, 1.165) is 11.1 Å². The molecule has 0 saturated heterocycles. The first-order valence-electron chi connectivity index (χ1n) is 6.06. The third kappa shape index (κ3) is 3.33. The van der Waals surface area contributed by atoms with Crippen molar-refractivity contribution in [2.24, 2.45) is 0 Å². The number of aryl methyl sites for hydroxylation is 1. The van der Waals surface area contributed by atoms with Gasteiger partial charge in [0.15, 0.2) is 0 Å². The van der Waals surface area contributed by atoms with Crippen LogP contribution < -0.4 is 10.5 Å². The predicted octanol–water partition coefficient (Wildman–Crippen LogP) is 4.10. The molecule has 0 radical (unpaired) electrons. The summed E-state index contributed by atoms with van der Waals surface area (Å²) in [5, 5.41) is 0.445. The van der Waals surface area contributed by atoms with E-state index in [0.29, 0.717) is 20.9 Å². The summed E-state index contributed by atoms with van der Waals surface area (Å²) < 4.78 is 28.0. The molecule has 0 aromatic heterocycles. The van der Waals surface area contributed by atoms with E-state index >= 15 is 0 Å². The van der Waals surface area contributed by atoms with E-state index in [1.54, 1.807) is 6.07 Å².